The van der Waals surface area contributed by atoms with E-state index in [4.69, 9.17) is 10.8 Å². The van der Waals surface area contributed by atoms with E-state index in [0.29, 0.717) is 12.1 Å². The van der Waals surface area contributed by atoms with Crippen molar-refractivity contribution in [3.05, 3.63) is 24.3 Å². The zero-order chi connectivity index (χ0) is 14.1. The summed E-state index contributed by atoms with van der Waals surface area (Å²) in [5.41, 5.74) is 5.38. The summed E-state index contributed by atoms with van der Waals surface area (Å²) < 4.78 is 60.1. The average molecular weight is 291 g/mol. The maximum atomic E-state index is 12.0. The minimum atomic E-state index is -9.62. The minimum absolute atomic E-state index is 0.00154. The molecule has 2 nitrogen and oxygen atoms in total. The predicted octanol–water partition coefficient (Wildman–Crippen LogP) is 4.55. The average Bonchev–Trinajstić information content (AvgIpc) is 2.12. The lowest BCUT2D eigenvalue weighted by molar-refractivity contribution is 0.362. The largest absolute Gasteiger partial charge is 0.508 e. The molecule has 0 aliphatic heterocycles. The van der Waals surface area contributed by atoms with Gasteiger partial charge >= 0.3 is 10.2 Å². The van der Waals surface area contributed by atoms with Crippen LogP contribution in [0.25, 0.3) is 0 Å². The van der Waals surface area contributed by atoms with Crippen molar-refractivity contribution >= 4 is 10.2 Å². The van der Waals surface area contributed by atoms with Crippen molar-refractivity contribution in [1.29, 1.82) is 0 Å². The lowest BCUT2D eigenvalue weighted by Gasteiger charge is -2.40. The molecule has 3 N–H and O–H groups in total. The standard InChI is InChI=1S/C6H5F5OS.C4H9N/c7-13(8,9,10,11)6-3-1-2-5(12)4-6;5-4-2-1-3-4/h1-4,12H;4H,1-3,5H2. The monoisotopic (exact) mass is 291 g/mol. The topological polar surface area (TPSA) is 46.2 Å². The number of benzene rings is 1. The fraction of sp³-hybridized carbons (Fsp3) is 0.400. The molecule has 0 aromatic heterocycles. The smallest absolute Gasteiger partial charge is 0.310 e. The second-order valence-electron chi connectivity index (χ2n) is 4.16. The molecule has 0 radical (unpaired) electrons. The van der Waals surface area contributed by atoms with E-state index in [2.05, 4.69) is 0 Å². The molecule has 18 heavy (non-hydrogen) atoms. The molecule has 1 fully saturated rings. The second kappa shape index (κ2) is 3.99. The summed E-state index contributed by atoms with van der Waals surface area (Å²) >= 11 is 0. The molecule has 8 heteroatoms. The van der Waals surface area contributed by atoms with Crippen molar-refractivity contribution in [2.24, 2.45) is 5.73 Å². The summed E-state index contributed by atoms with van der Waals surface area (Å²) in [6.07, 6.45) is 3.89. The van der Waals surface area contributed by atoms with Crippen LogP contribution in [-0.2, 0) is 0 Å². The van der Waals surface area contributed by atoms with Gasteiger partial charge < -0.3 is 10.8 Å². The van der Waals surface area contributed by atoms with Gasteiger partial charge in [0, 0.05) is 12.1 Å². The molecule has 0 unspecified atom stereocenters. The molecule has 0 saturated heterocycles. The summed E-state index contributed by atoms with van der Waals surface area (Å²) in [7, 11) is -9.62. The van der Waals surface area contributed by atoms with Crippen LogP contribution in [0.3, 0.4) is 0 Å². The Bertz CT molecular complexity index is 429. The Morgan fingerprint density at radius 2 is 1.61 bits per heavy atom. The number of hydrogen-bond acceptors (Lipinski definition) is 2. The van der Waals surface area contributed by atoms with Crippen LogP contribution in [0.1, 0.15) is 19.3 Å². The van der Waals surface area contributed by atoms with Crippen molar-refractivity contribution < 1.29 is 24.5 Å². The zero-order valence-electron chi connectivity index (χ0n) is 9.33. The van der Waals surface area contributed by atoms with Gasteiger partial charge in [-0.2, -0.15) is 0 Å². The van der Waals surface area contributed by atoms with E-state index < -0.39 is 20.9 Å². The van der Waals surface area contributed by atoms with Gasteiger partial charge in [-0.15, -0.1) is 0 Å². The highest BCUT2D eigenvalue weighted by atomic mass is 32.5. The summed E-state index contributed by atoms with van der Waals surface area (Å²) in [5.74, 6) is -0.842. The molecule has 1 aliphatic rings. The van der Waals surface area contributed by atoms with E-state index in [1.807, 2.05) is 0 Å². The van der Waals surface area contributed by atoms with E-state index in [1.165, 1.54) is 19.3 Å². The lowest BCUT2D eigenvalue weighted by Crippen LogP contribution is -2.27. The van der Waals surface area contributed by atoms with E-state index in [9.17, 15) is 19.4 Å². The van der Waals surface area contributed by atoms with Gasteiger partial charge in [-0.05, 0) is 25.0 Å². The van der Waals surface area contributed by atoms with E-state index >= 15 is 0 Å². The van der Waals surface area contributed by atoms with E-state index in [0.717, 1.165) is 6.07 Å². The molecular weight excluding hydrogens is 277 g/mol. The third-order valence-electron chi connectivity index (χ3n) is 2.41. The van der Waals surface area contributed by atoms with Gasteiger partial charge in [-0.1, -0.05) is 31.9 Å². The van der Waals surface area contributed by atoms with Gasteiger partial charge in [-0.3, -0.25) is 0 Å². The van der Waals surface area contributed by atoms with Crippen molar-refractivity contribution in [3.63, 3.8) is 0 Å². The van der Waals surface area contributed by atoms with Gasteiger partial charge in [0.2, 0.25) is 0 Å². The van der Waals surface area contributed by atoms with E-state index in [-0.39, 0.29) is 12.1 Å². The Hall–Kier alpha value is -1.02. The van der Waals surface area contributed by atoms with E-state index in [1.54, 1.807) is 0 Å². The van der Waals surface area contributed by atoms with Crippen LogP contribution >= 0.6 is 10.2 Å². The maximum Gasteiger partial charge on any atom is 0.310 e. The molecular formula is C10H14F5NOS. The van der Waals surface area contributed by atoms with Gasteiger partial charge in [0.25, 0.3) is 0 Å². The molecule has 0 bridgehead atoms. The van der Waals surface area contributed by atoms with Crippen LogP contribution in [0.4, 0.5) is 19.4 Å². The predicted molar refractivity (Wildman–Crippen MR) is 61.3 cm³/mol. The number of aromatic hydroxyl groups is 1. The number of halogens is 5. The third-order valence-corrected chi connectivity index (χ3v) is 3.56. The number of nitrogens with two attached hydrogens (primary N) is 1. The molecule has 0 atom stereocenters. The molecule has 0 heterocycles. The summed E-state index contributed by atoms with van der Waals surface area (Å²) in [4.78, 5) is -2.08. The Morgan fingerprint density at radius 3 is 1.83 bits per heavy atom. The molecule has 1 saturated carbocycles. The number of phenolic OH excluding ortho intramolecular Hbond substituents is 1. The van der Waals surface area contributed by atoms with Crippen molar-refractivity contribution in [3.8, 4) is 5.75 Å². The molecule has 106 valence electrons. The Labute approximate surface area is 101 Å². The Morgan fingerprint density at radius 1 is 1.11 bits per heavy atom. The first-order chi connectivity index (χ1) is 7.88. The van der Waals surface area contributed by atoms with Crippen LogP contribution in [0.2, 0.25) is 0 Å². The molecule has 1 aromatic carbocycles. The van der Waals surface area contributed by atoms with Gasteiger partial charge in [0.1, 0.15) is 10.6 Å². The van der Waals surface area contributed by atoms with Gasteiger partial charge in [0.05, 0.1) is 0 Å². The SMILES string of the molecule is NC1CCC1.Oc1cccc(S(F)(F)(F)(F)F)c1. The number of phenols is 1. The normalized spacial score (nSPS) is 19.9. The highest BCUT2D eigenvalue weighted by Crippen LogP contribution is 3.02. The first kappa shape index (κ1) is 15.0. The quantitative estimate of drug-likeness (QED) is 0.746. The summed E-state index contributed by atoms with van der Waals surface area (Å²) in [5, 5.41) is 8.59. The minimum Gasteiger partial charge on any atom is -0.508 e. The second-order valence-corrected chi connectivity index (χ2v) is 6.57. The van der Waals surface area contributed by atoms with Crippen molar-refractivity contribution in [2.45, 2.75) is 30.2 Å². The van der Waals surface area contributed by atoms with Crippen molar-refractivity contribution in [1.82, 2.24) is 0 Å². The Kier molecular flexibility index (Phi) is 3.33. The Balaban J connectivity index is 0.000000269. The van der Waals surface area contributed by atoms with Crippen LogP contribution in [0.5, 0.6) is 5.75 Å². The molecule has 1 aromatic rings. The van der Waals surface area contributed by atoms with Crippen LogP contribution < -0.4 is 5.73 Å². The lowest BCUT2D eigenvalue weighted by atomic mass is 9.95. The molecule has 0 amide bonds. The van der Waals surface area contributed by atoms with Crippen LogP contribution in [0, 0.1) is 0 Å². The molecule has 1 aliphatic carbocycles. The van der Waals surface area contributed by atoms with Crippen molar-refractivity contribution in [2.75, 3.05) is 0 Å². The van der Waals surface area contributed by atoms with Crippen LogP contribution in [-0.4, -0.2) is 11.1 Å². The van der Waals surface area contributed by atoms with Gasteiger partial charge in [0.15, 0.2) is 0 Å². The van der Waals surface area contributed by atoms with Gasteiger partial charge in [-0.25, -0.2) is 0 Å². The zero-order valence-corrected chi connectivity index (χ0v) is 10.1. The fourth-order valence-electron chi connectivity index (χ4n) is 1.16. The third kappa shape index (κ3) is 4.69. The first-order valence-corrected chi connectivity index (χ1v) is 7.12. The first-order valence-electron chi connectivity index (χ1n) is 5.17. The highest BCUT2D eigenvalue weighted by Gasteiger charge is 2.65. The summed E-state index contributed by atoms with van der Waals surface area (Å²) in [6, 6.07) is 2.38. The number of hydrogen-bond donors (Lipinski definition) is 2. The maximum absolute atomic E-state index is 12.0. The summed E-state index contributed by atoms with van der Waals surface area (Å²) in [6.45, 7) is 0. The molecule has 2 rings (SSSR count). The van der Waals surface area contributed by atoms with Crippen LogP contribution in [0.15, 0.2) is 29.2 Å². The molecule has 0 spiro atoms. The number of rotatable bonds is 1. The fourth-order valence-corrected chi connectivity index (χ4v) is 1.84. The highest BCUT2D eigenvalue weighted by molar-refractivity contribution is 8.45.